The van der Waals surface area contributed by atoms with Gasteiger partial charge < -0.3 is 4.74 Å². The Bertz CT molecular complexity index is 179. The maximum absolute atomic E-state index is 5.56. The van der Waals surface area contributed by atoms with Crippen molar-refractivity contribution in [3.05, 3.63) is 23.8 Å². The van der Waals surface area contributed by atoms with E-state index in [1.807, 2.05) is 0 Å². The average molecular weight is 136 g/mol. The topological polar surface area (TPSA) is 9.23 Å². The van der Waals surface area contributed by atoms with Crippen molar-refractivity contribution in [1.29, 1.82) is 0 Å². The first-order chi connectivity index (χ1) is 4.97. The molecule has 0 bridgehead atoms. The van der Waals surface area contributed by atoms with Gasteiger partial charge in [-0.3, -0.25) is 0 Å². The van der Waals surface area contributed by atoms with E-state index in [0.29, 0.717) is 6.10 Å². The summed E-state index contributed by atoms with van der Waals surface area (Å²) in [5.74, 6) is 0. The van der Waals surface area contributed by atoms with Gasteiger partial charge in [-0.05, 0) is 24.8 Å². The minimum absolute atomic E-state index is 0.429. The summed E-state index contributed by atoms with van der Waals surface area (Å²) in [6, 6.07) is 0. The quantitative estimate of drug-likeness (QED) is 0.495. The summed E-state index contributed by atoms with van der Waals surface area (Å²) >= 11 is 0. The van der Waals surface area contributed by atoms with Gasteiger partial charge in [-0.15, -0.1) is 0 Å². The minimum atomic E-state index is 0.429. The van der Waals surface area contributed by atoms with E-state index in [2.05, 4.69) is 18.2 Å². The number of hydrogen-bond donors (Lipinski definition) is 0. The van der Waals surface area contributed by atoms with E-state index in [-0.39, 0.29) is 0 Å². The van der Waals surface area contributed by atoms with Gasteiger partial charge >= 0.3 is 0 Å². The van der Waals surface area contributed by atoms with Crippen LogP contribution in [-0.4, -0.2) is 12.7 Å². The van der Waals surface area contributed by atoms with Gasteiger partial charge in [0.25, 0.3) is 0 Å². The third-order valence-electron chi connectivity index (χ3n) is 2.14. The zero-order valence-electron chi connectivity index (χ0n) is 6.05. The van der Waals surface area contributed by atoms with Gasteiger partial charge in [-0.2, -0.15) is 0 Å². The van der Waals surface area contributed by atoms with Crippen molar-refractivity contribution >= 4 is 0 Å². The molecule has 1 unspecified atom stereocenters. The lowest BCUT2D eigenvalue weighted by Gasteiger charge is -2.26. The summed E-state index contributed by atoms with van der Waals surface area (Å²) in [5.41, 5.74) is 1.49. The molecular weight excluding hydrogens is 124 g/mol. The van der Waals surface area contributed by atoms with Gasteiger partial charge in [0.1, 0.15) is 0 Å². The molecule has 1 heteroatoms. The molecule has 0 N–H and O–H groups in total. The summed E-state index contributed by atoms with van der Waals surface area (Å²) in [5, 5.41) is 0. The molecule has 10 heavy (non-hydrogen) atoms. The Morgan fingerprint density at radius 2 is 2.50 bits per heavy atom. The van der Waals surface area contributed by atoms with Gasteiger partial charge in [-0.1, -0.05) is 18.2 Å². The fraction of sp³-hybridized carbons (Fsp3) is 0.556. The van der Waals surface area contributed by atoms with E-state index in [9.17, 15) is 0 Å². The van der Waals surface area contributed by atoms with Crippen molar-refractivity contribution in [1.82, 2.24) is 0 Å². The Labute approximate surface area is 61.4 Å². The second kappa shape index (κ2) is 2.59. The van der Waals surface area contributed by atoms with Crippen LogP contribution in [0, 0.1) is 0 Å². The van der Waals surface area contributed by atoms with E-state index in [0.717, 1.165) is 13.0 Å². The summed E-state index contributed by atoms with van der Waals surface area (Å²) in [4.78, 5) is 0. The predicted molar refractivity (Wildman–Crippen MR) is 40.8 cm³/mol. The first-order valence-corrected chi connectivity index (χ1v) is 3.94. The van der Waals surface area contributed by atoms with E-state index in [1.54, 1.807) is 0 Å². The molecule has 0 aromatic heterocycles. The van der Waals surface area contributed by atoms with Crippen LogP contribution in [-0.2, 0) is 4.74 Å². The highest BCUT2D eigenvalue weighted by Gasteiger charge is 2.18. The van der Waals surface area contributed by atoms with Crippen molar-refractivity contribution in [2.75, 3.05) is 6.61 Å². The van der Waals surface area contributed by atoms with E-state index in [4.69, 9.17) is 4.74 Å². The van der Waals surface area contributed by atoms with Gasteiger partial charge in [0, 0.05) is 6.61 Å². The second-order valence-corrected chi connectivity index (χ2v) is 2.87. The molecule has 2 rings (SSSR count). The lowest BCUT2D eigenvalue weighted by Crippen LogP contribution is -2.22. The fourth-order valence-corrected chi connectivity index (χ4v) is 1.57. The fourth-order valence-electron chi connectivity index (χ4n) is 1.57. The Balaban J connectivity index is 2.14. The van der Waals surface area contributed by atoms with Gasteiger partial charge in [0.05, 0.1) is 6.10 Å². The molecule has 1 saturated heterocycles. The number of hydrogen-bond acceptors (Lipinski definition) is 1. The molecule has 2 aliphatic rings. The normalized spacial score (nSPS) is 31.2. The highest BCUT2D eigenvalue weighted by molar-refractivity contribution is 5.23. The molecular formula is C9H12O. The first kappa shape index (κ1) is 6.17. The lowest BCUT2D eigenvalue weighted by atomic mass is 9.95. The molecule has 0 aromatic rings. The SMILES string of the molecule is C1=CCC2OCCCC2=C1. The zero-order valence-corrected chi connectivity index (χ0v) is 6.05. The molecule has 0 radical (unpaired) electrons. The van der Waals surface area contributed by atoms with Crippen molar-refractivity contribution in [2.45, 2.75) is 25.4 Å². The number of fused-ring (bicyclic) bond motifs is 1. The van der Waals surface area contributed by atoms with Crippen LogP contribution in [0.1, 0.15) is 19.3 Å². The van der Waals surface area contributed by atoms with Crippen LogP contribution < -0.4 is 0 Å². The third-order valence-corrected chi connectivity index (χ3v) is 2.14. The molecule has 0 amide bonds. The highest BCUT2D eigenvalue weighted by atomic mass is 16.5. The molecule has 1 atom stereocenters. The molecule has 0 aromatic carbocycles. The maximum Gasteiger partial charge on any atom is 0.0822 e. The summed E-state index contributed by atoms with van der Waals surface area (Å²) < 4.78 is 5.56. The largest absolute Gasteiger partial charge is 0.374 e. The summed E-state index contributed by atoms with van der Waals surface area (Å²) in [6.45, 7) is 0.954. The zero-order chi connectivity index (χ0) is 6.81. The van der Waals surface area contributed by atoms with Crippen molar-refractivity contribution < 1.29 is 4.74 Å². The Kier molecular flexibility index (Phi) is 1.60. The van der Waals surface area contributed by atoms with Crippen LogP contribution in [0.2, 0.25) is 0 Å². The van der Waals surface area contributed by atoms with E-state index < -0.39 is 0 Å². The van der Waals surface area contributed by atoms with Gasteiger partial charge in [-0.25, -0.2) is 0 Å². The standard InChI is InChI=1S/C9H12O/c1-2-6-9-8(4-1)5-3-7-10-9/h1-2,4,9H,3,5-7H2. The molecule has 54 valence electrons. The minimum Gasteiger partial charge on any atom is -0.374 e. The van der Waals surface area contributed by atoms with Gasteiger partial charge in [0.15, 0.2) is 0 Å². The summed E-state index contributed by atoms with van der Waals surface area (Å²) in [7, 11) is 0. The third kappa shape index (κ3) is 1.01. The average Bonchev–Trinajstić information content (AvgIpc) is 2.05. The van der Waals surface area contributed by atoms with Gasteiger partial charge in [0.2, 0.25) is 0 Å². The van der Waals surface area contributed by atoms with Crippen LogP contribution in [0.3, 0.4) is 0 Å². The maximum atomic E-state index is 5.56. The molecule has 1 nitrogen and oxygen atoms in total. The van der Waals surface area contributed by atoms with Crippen LogP contribution >= 0.6 is 0 Å². The summed E-state index contributed by atoms with van der Waals surface area (Å²) in [6.07, 6.45) is 10.5. The van der Waals surface area contributed by atoms with Crippen LogP contribution in [0.5, 0.6) is 0 Å². The van der Waals surface area contributed by atoms with Crippen LogP contribution in [0.4, 0.5) is 0 Å². The first-order valence-electron chi connectivity index (χ1n) is 3.94. The number of rotatable bonds is 0. The lowest BCUT2D eigenvalue weighted by molar-refractivity contribution is 0.0540. The molecule has 1 fully saturated rings. The Morgan fingerprint density at radius 3 is 3.40 bits per heavy atom. The predicted octanol–water partition coefficient (Wildman–Crippen LogP) is 2.05. The number of allylic oxidation sites excluding steroid dienone is 2. The van der Waals surface area contributed by atoms with Crippen molar-refractivity contribution in [3.63, 3.8) is 0 Å². The molecule has 0 saturated carbocycles. The molecule has 0 spiro atoms. The smallest absolute Gasteiger partial charge is 0.0822 e. The highest BCUT2D eigenvalue weighted by Crippen LogP contribution is 2.25. The second-order valence-electron chi connectivity index (χ2n) is 2.87. The van der Waals surface area contributed by atoms with E-state index in [1.165, 1.54) is 18.4 Å². The molecule has 1 aliphatic carbocycles. The molecule has 1 aliphatic heterocycles. The van der Waals surface area contributed by atoms with Crippen LogP contribution in [0.25, 0.3) is 0 Å². The Hall–Kier alpha value is -0.560. The molecule has 1 heterocycles. The van der Waals surface area contributed by atoms with Crippen LogP contribution in [0.15, 0.2) is 23.8 Å². The van der Waals surface area contributed by atoms with Crippen molar-refractivity contribution in [2.24, 2.45) is 0 Å². The monoisotopic (exact) mass is 136 g/mol. The van der Waals surface area contributed by atoms with Crippen molar-refractivity contribution in [3.8, 4) is 0 Å². The number of ether oxygens (including phenoxy) is 1. The van der Waals surface area contributed by atoms with E-state index >= 15 is 0 Å². The Morgan fingerprint density at radius 1 is 1.50 bits per heavy atom.